The summed E-state index contributed by atoms with van der Waals surface area (Å²) in [6.07, 6.45) is -4.44. The quantitative estimate of drug-likeness (QED) is 0.725. The van der Waals surface area contributed by atoms with E-state index in [1.807, 2.05) is 19.1 Å². The zero-order valence-electron chi connectivity index (χ0n) is 15.1. The van der Waals surface area contributed by atoms with E-state index in [4.69, 9.17) is 19.9 Å². The molecule has 1 heterocycles. The summed E-state index contributed by atoms with van der Waals surface area (Å²) < 4.78 is 53.8. The van der Waals surface area contributed by atoms with Gasteiger partial charge in [-0.3, -0.25) is 0 Å². The molecule has 0 unspecified atom stereocenters. The van der Waals surface area contributed by atoms with E-state index in [2.05, 4.69) is 20.9 Å². The molecule has 0 amide bonds. The lowest BCUT2D eigenvalue weighted by atomic mass is 9.83. The minimum atomic E-state index is -4.44. The molecule has 0 aromatic heterocycles. The first-order chi connectivity index (χ1) is 13.1. The highest BCUT2D eigenvalue weighted by atomic mass is 79.9. The molecule has 28 heavy (non-hydrogen) atoms. The van der Waals surface area contributed by atoms with Crippen molar-refractivity contribution in [2.75, 3.05) is 20.3 Å². The van der Waals surface area contributed by atoms with Crippen molar-refractivity contribution in [1.82, 2.24) is 0 Å². The van der Waals surface area contributed by atoms with Gasteiger partial charge in [0.2, 0.25) is 0 Å². The van der Waals surface area contributed by atoms with Gasteiger partial charge in [0.1, 0.15) is 18.1 Å². The average Bonchev–Trinajstić information content (AvgIpc) is 3.02. The molecular formula is C19H18BrF3N2O3. The van der Waals surface area contributed by atoms with Crippen molar-refractivity contribution in [2.24, 2.45) is 10.7 Å². The number of amidine groups is 1. The Kier molecular flexibility index (Phi) is 5.47. The molecule has 0 aliphatic carbocycles. The van der Waals surface area contributed by atoms with Crippen molar-refractivity contribution < 1.29 is 27.4 Å². The molecule has 9 heteroatoms. The summed E-state index contributed by atoms with van der Waals surface area (Å²) in [5, 5.41) is 0. The Morgan fingerprint density at radius 3 is 2.54 bits per heavy atom. The van der Waals surface area contributed by atoms with E-state index >= 15 is 0 Å². The van der Waals surface area contributed by atoms with Gasteiger partial charge in [-0.1, -0.05) is 22.0 Å². The Hall–Kier alpha value is -2.42. The molecule has 0 radical (unpaired) electrons. The highest BCUT2D eigenvalue weighted by Gasteiger charge is 2.41. The summed E-state index contributed by atoms with van der Waals surface area (Å²) in [7, 11) is 1.57. The molecule has 0 spiro atoms. The van der Waals surface area contributed by atoms with Gasteiger partial charge in [-0.2, -0.15) is 13.2 Å². The third kappa shape index (κ3) is 4.19. The molecule has 0 fully saturated rings. The summed E-state index contributed by atoms with van der Waals surface area (Å²) in [5.41, 5.74) is 7.00. The zero-order chi connectivity index (χ0) is 20.5. The van der Waals surface area contributed by atoms with Gasteiger partial charge in [-0.25, -0.2) is 4.99 Å². The number of nitrogens with two attached hydrogens (primary N) is 1. The summed E-state index contributed by atoms with van der Waals surface area (Å²) in [4.78, 5) is 4.48. The van der Waals surface area contributed by atoms with Crippen LogP contribution in [0.25, 0.3) is 0 Å². The maximum absolute atomic E-state index is 12.5. The van der Waals surface area contributed by atoms with Crippen LogP contribution in [-0.2, 0) is 10.3 Å². The van der Waals surface area contributed by atoms with Crippen molar-refractivity contribution in [3.8, 4) is 11.5 Å². The highest BCUT2D eigenvalue weighted by Crippen LogP contribution is 2.41. The Balaban J connectivity index is 2.08. The number of alkyl halides is 3. The first kappa shape index (κ1) is 20.3. The van der Waals surface area contributed by atoms with Crippen LogP contribution >= 0.6 is 15.9 Å². The van der Waals surface area contributed by atoms with E-state index in [9.17, 15) is 13.2 Å². The smallest absolute Gasteiger partial charge is 0.422 e. The minimum absolute atomic E-state index is 0.00575. The van der Waals surface area contributed by atoms with Gasteiger partial charge >= 0.3 is 6.18 Å². The molecule has 0 saturated heterocycles. The van der Waals surface area contributed by atoms with Gasteiger partial charge in [0, 0.05) is 4.47 Å². The van der Waals surface area contributed by atoms with Crippen LogP contribution in [0.1, 0.15) is 16.7 Å². The van der Waals surface area contributed by atoms with Crippen molar-refractivity contribution in [2.45, 2.75) is 18.6 Å². The minimum Gasteiger partial charge on any atom is -0.496 e. The number of rotatable bonds is 5. The fourth-order valence-electron chi connectivity index (χ4n) is 3.08. The molecule has 1 atom stereocenters. The summed E-state index contributed by atoms with van der Waals surface area (Å²) >= 11 is 3.33. The number of methoxy groups -OCH3 is 1. The fraction of sp³-hybridized carbons (Fsp3) is 0.316. The molecular weight excluding hydrogens is 441 g/mol. The molecule has 3 rings (SSSR count). The highest BCUT2D eigenvalue weighted by molar-refractivity contribution is 9.10. The van der Waals surface area contributed by atoms with E-state index in [1.54, 1.807) is 19.2 Å². The molecule has 0 bridgehead atoms. The van der Waals surface area contributed by atoms with Crippen LogP contribution in [0, 0.1) is 6.92 Å². The largest absolute Gasteiger partial charge is 0.496 e. The van der Waals surface area contributed by atoms with Gasteiger partial charge in [0.05, 0.1) is 7.11 Å². The second-order valence-electron chi connectivity index (χ2n) is 6.36. The van der Waals surface area contributed by atoms with Crippen LogP contribution in [-0.4, -0.2) is 32.5 Å². The molecule has 0 saturated carbocycles. The van der Waals surface area contributed by atoms with Crippen LogP contribution in [0.2, 0.25) is 0 Å². The lowest BCUT2D eigenvalue weighted by molar-refractivity contribution is -0.153. The van der Waals surface area contributed by atoms with Crippen LogP contribution in [0.3, 0.4) is 0 Å². The molecule has 1 aliphatic rings. The van der Waals surface area contributed by atoms with Gasteiger partial charge in [0.25, 0.3) is 6.02 Å². The number of ether oxygens (including phenoxy) is 3. The lowest BCUT2D eigenvalue weighted by Crippen LogP contribution is -2.27. The van der Waals surface area contributed by atoms with Crippen LogP contribution in [0.15, 0.2) is 45.9 Å². The monoisotopic (exact) mass is 458 g/mol. The number of hydrogen-bond acceptors (Lipinski definition) is 5. The third-order valence-corrected chi connectivity index (χ3v) is 4.81. The number of aryl methyl sites for hydroxylation is 1. The molecule has 1 aliphatic heterocycles. The summed E-state index contributed by atoms with van der Waals surface area (Å²) in [5.74, 6) is 0.769. The second-order valence-corrected chi connectivity index (χ2v) is 7.28. The van der Waals surface area contributed by atoms with Crippen molar-refractivity contribution >= 4 is 22.0 Å². The normalized spacial score (nSPS) is 19.1. The van der Waals surface area contributed by atoms with Crippen molar-refractivity contribution in [3.63, 3.8) is 0 Å². The standard InChI is InChI=1S/C19H18BrF3N2O3/c1-11-5-12(3-4-16(11)26-2)18(9-28-17(24)25-18)13-6-14(20)8-15(7-13)27-10-19(21,22)23/h3-8H,9-10H2,1-2H3,(H2,24,25)/t18-/m0/s1. The predicted octanol–water partition coefficient (Wildman–Crippen LogP) is 4.30. The number of benzene rings is 2. The van der Waals surface area contributed by atoms with E-state index in [0.29, 0.717) is 15.8 Å². The van der Waals surface area contributed by atoms with Gasteiger partial charge < -0.3 is 19.9 Å². The Bertz CT molecular complexity index is 918. The van der Waals surface area contributed by atoms with E-state index in [1.165, 1.54) is 12.1 Å². The Morgan fingerprint density at radius 2 is 1.96 bits per heavy atom. The molecule has 2 N–H and O–H groups in total. The molecule has 2 aromatic carbocycles. The van der Waals surface area contributed by atoms with Gasteiger partial charge in [-0.15, -0.1) is 0 Å². The molecule has 2 aromatic rings. The van der Waals surface area contributed by atoms with Crippen LogP contribution in [0.4, 0.5) is 13.2 Å². The number of halogens is 4. The Labute approximate surface area is 168 Å². The van der Waals surface area contributed by atoms with Crippen molar-refractivity contribution in [3.05, 3.63) is 57.6 Å². The SMILES string of the molecule is COc1ccc([C@]2(c3cc(Br)cc(OCC(F)(F)F)c3)COC(N)=N2)cc1C. The molecule has 150 valence electrons. The van der Waals surface area contributed by atoms with Gasteiger partial charge in [-0.05, 0) is 53.9 Å². The lowest BCUT2D eigenvalue weighted by Gasteiger charge is -2.27. The average molecular weight is 459 g/mol. The van der Waals surface area contributed by atoms with Crippen LogP contribution < -0.4 is 15.2 Å². The van der Waals surface area contributed by atoms with E-state index < -0.39 is 18.3 Å². The van der Waals surface area contributed by atoms with Crippen LogP contribution in [0.5, 0.6) is 11.5 Å². The second kappa shape index (κ2) is 7.54. The van der Waals surface area contributed by atoms with Crippen molar-refractivity contribution in [1.29, 1.82) is 0 Å². The van der Waals surface area contributed by atoms with Gasteiger partial charge in [0.15, 0.2) is 12.1 Å². The fourth-order valence-corrected chi connectivity index (χ4v) is 3.55. The molecule has 5 nitrogen and oxygen atoms in total. The number of nitrogens with zero attached hydrogens (tertiary/aromatic N) is 1. The topological polar surface area (TPSA) is 66.1 Å². The van der Waals surface area contributed by atoms with E-state index in [-0.39, 0.29) is 18.4 Å². The Morgan fingerprint density at radius 1 is 1.21 bits per heavy atom. The summed E-state index contributed by atoms with van der Waals surface area (Å²) in [6.45, 7) is 0.608. The predicted molar refractivity (Wildman–Crippen MR) is 102 cm³/mol. The van der Waals surface area contributed by atoms with E-state index in [0.717, 1.165) is 11.1 Å². The third-order valence-electron chi connectivity index (χ3n) is 4.35. The first-order valence-electron chi connectivity index (χ1n) is 8.27. The maximum atomic E-state index is 12.5. The maximum Gasteiger partial charge on any atom is 0.422 e. The number of aliphatic imine (C=N–C) groups is 1. The summed E-state index contributed by atoms with van der Waals surface area (Å²) in [6, 6.07) is 10.3. The number of hydrogen-bond donors (Lipinski definition) is 1. The zero-order valence-corrected chi connectivity index (χ0v) is 16.7. The first-order valence-corrected chi connectivity index (χ1v) is 9.06.